The van der Waals surface area contributed by atoms with E-state index in [1.165, 1.54) is 30.0 Å². The van der Waals surface area contributed by atoms with Crippen molar-refractivity contribution in [3.8, 4) is 0 Å². The minimum atomic E-state index is -3.20. The standard InChI is InChI=1S/C18H24FN3O2S2/c1-13(14-6-7-25-11-14)9-21-18(20-2)22-10-16-8-17(19)5-4-15(16)12-26(3,23)24/h4-8,11,13H,9-10,12H2,1-3H3,(H2,20,21,22). The second kappa shape index (κ2) is 9.14. The van der Waals surface area contributed by atoms with Crippen molar-refractivity contribution in [1.29, 1.82) is 0 Å². The van der Waals surface area contributed by atoms with Gasteiger partial charge in [-0.1, -0.05) is 13.0 Å². The molecule has 2 N–H and O–H groups in total. The first-order valence-electron chi connectivity index (χ1n) is 8.20. The number of sulfone groups is 1. The Bertz CT molecular complexity index is 849. The zero-order valence-electron chi connectivity index (χ0n) is 15.1. The lowest BCUT2D eigenvalue weighted by Crippen LogP contribution is -2.38. The number of nitrogens with one attached hydrogen (secondary N) is 2. The van der Waals surface area contributed by atoms with E-state index in [0.29, 0.717) is 29.5 Å². The molecule has 0 aliphatic carbocycles. The summed E-state index contributed by atoms with van der Waals surface area (Å²) in [5.74, 6) is 0.399. The van der Waals surface area contributed by atoms with Gasteiger partial charge in [-0.2, -0.15) is 11.3 Å². The van der Waals surface area contributed by atoms with Crippen molar-refractivity contribution in [2.45, 2.75) is 25.1 Å². The number of thiophene rings is 1. The van der Waals surface area contributed by atoms with Gasteiger partial charge in [0, 0.05) is 26.4 Å². The molecule has 26 heavy (non-hydrogen) atoms. The molecule has 1 aromatic heterocycles. The molecule has 0 aliphatic rings. The lowest BCUT2D eigenvalue weighted by atomic mass is 10.1. The van der Waals surface area contributed by atoms with Gasteiger partial charge >= 0.3 is 0 Å². The number of rotatable bonds is 7. The van der Waals surface area contributed by atoms with Crippen LogP contribution in [-0.4, -0.2) is 34.2 Å². The molecule has 0 bridgehead atoms. The molecule has 8 heteroatoms. The van der Waals surface area contributed by atoms with Gasteiger partial charge in [0.2, 0.25) is 0 Å². The SMILES string of the molecule is CN=C(NCc1cc(F)ccc1CS(C)(=O)=O)NCC(C)c1ccsc1. The number of guanidine groups is 1. The zero-order chi connectivity index (χ0) is 19.2. The maximum atomic E-state index is 13.6. The fourth-order valence-electron chi connectivity index (χ4n) is 2.50. The van der Waals surface area contributed by atoms with Crippen molar-refractivity contribution in [2.24, 2.45) is 4.99 Å². The number of nitrogens with zero attached hydrogens (tertiary/aromatic N) is 1. The van der Waals surface area contributed by atoms with Crippen molar-refractivity contribution in [3.05, 3.63) is 57.5 Å². The Hall–Kier alpha value is -1.93. The van der Waals surface area contributed by atoms with Crippen molar-refractivity contribution < 1.29 is 12.8 Å². The third kappa shape index (κ3) is 6.42. The fourth-order valence-corrected chi connectivity index (χ4v) is 4.13. The molecule has 0 radical (unpaired) electrons. The Morgan fingerprint density at radius 2 is 2.04 bits per heavy atom. The molecular formula is C18H24FN3O2S2. The summed E-state index contributed by atoms with van der Waals surface area (Å²) < 4.78 is 36.7. The van der Waals surface area contributed by atoms with E-state index in [1.54, 1.807) is 18.4 Å². The van der Waals surface area contributed by atoms with Crippen molar-refractivity contribution in [2.75, 3.05) is 19.8 Å². The monoisotopic (exact) mass is 397 g/mol. The highest BCUT2D eigenvalue weighted by molar-refractivity contribution is 7.89. The summed E-state index contributed by atoms with van der Waals surface area (Å²) in [7, 11) is -1.54. The molecule has 0 aliphatic heterocycles. The average molecular weight is 398 g/mol. The van der Waals surface area contributed by atoms with E-state index in [4.69, 9.17) is 0 Å². The molecule has 2 aromatic rings. The first-order chi connectivity index (χ1) is 12.3. The van der Waals surface area contributed by atoms with Crippen LogP contribution in [0.15, 0.2) is 40.0 Å². The largest absolute Gasteiger partial charge is 0.356 e. The number of aliphatic imine (C=N–C) groups is 1. The smallest absolute Gasteiger partial charge is 0.191 e. The van der Waals surface area contributed by atoms with Gasteiger partial charge in [-0.15, -0.1) is 0 Å². The van der Waals surface area contributed by atoms with Crippen LogP contribution >= 0.6 is 11.3 Å². The van der Waals surface area contributed by atoms with Crippen LogP contribution < -0.4 is 10.6 Å². The molecule has 2 rings (SSSR count). The highest BCUT2D eigenvalue weighted by Gasteiger charge is 2.12. The van der Waals surface area contributed by atoms with E-state index in [0.717, 1.165) is 0 Å². The zero-order valence-corrected chi connectivity index (χ0v) is 16.8. The van der Waals surface area contributed by atoms with Crippen LogP contribution in [0.25, 0.3) is 0 Å². The van der Waals surface area contributed by atoms with E-state index in [9.17, 15) is 12.8 Å². The van der Waals surface area contributed by atoms with Crippen LogP contribution in [0.2, 0.25) is 0 Å². The molecule has 1 heterocycles. The number of benzene rings is 1. The maximum absolute atomic E-state index is 13.6. The van der Waals surface area contributed by atoms with E-state index in [1.807, 2.05) is 5.38 Å². The molecule has 142 valence electrons. The molecule has 5 nitrogen and oxygen atoms in total. The van der Waals surface area contributed by atoms with E-state index in [2.05, 4.69) is 34.0 Å². The summed E-state index contributed by atoms with van der Waals surface area (Å²) in [5.41, 5.74) is 2.45. The van der Waals surface area contributed by atoms with Crippen LogP contribution in [-0.2, 0) is 22.1 Å². The lowest BCUT2D eigenvalue weighted by Gasteiger charge is -2.16. The van der Waals surface area contributed by atoms with Gasteiger partial charge in [0.1, 0.15) is 5.82 Å². The Morgan fingerprint density at radius 1 is 1.27 bits per heavy atom. The van der Waals surface area contributed by atoms with Crippen LogP contribution in [0.5, 0.6) is 0 Å². The molecule has 0 fully saturated rings. The topological polar surface area (TPSA) is 70.6 Å². The predicted octanol–water partition coefficient (Wildman–Crippen LogP) is 2.90. The first-order valence-corrected chi connectivity index (χ1v) is 11.2. The van der Waals surface area contributed by atoms with Gasteiger partial charge in [-0.05, 0) is 51.6 Å². The molecule has 1 aromatic carbocycles. The van der Waals surface area contributed by atoms with Crippen LogP contribution in [0.1, 0.15) is 29.5 Å². The van der Waals surface area contributed by atoms with Crippen LogP contribution in [0.4, 0.5) is 4.39 Å². The Morgan fingerprint density at radius 3 is 2.65 bits per heavy atom. The first kappa shape index (κ1) is 20.4. The number of hydrogen-bond acceptors (Lipinski definition) is 4. The molecular weight excluding hydrogens is 373 g/mol. The van der Waals surface area contributed by atoms with Gasteiger partial charge in [0.05, 0.1) is 5.75 Å². The highest BCUT2D eigenvalue weighted by Crippen LogP contribution is 2.17. The van der Waals surface area contributed by atoms with Gasteiger partial charge in [-0.25, -0.2) is 12.8 Å². The summed E-state index contributed by atoms with van der Waals surface area (Å²) >= 11 is 1.66. The Balaban J connectivity index is 1.98. The Labute approximate surface area is 158 Å². The summed E-state index contributed by atoms with van der Waals surface area (Å²) in [6.07, 6.45) is 1.17. The third-order valence-electron chi connectivity index (χ3n) is 3.94. The molecule has 0 saturated heterocycles. The average Bonchev–Trinajstić information content (AvgIpc) is 3.10. The van der Waals surface area contributed by atoms with Gasteiger partial charge in [-0.3, -0.25) is 4.99 Å². The molecule has 0 amide bonds. The third-order valence-corrected chi connectivity index (χ3v) is 5.48. The number of hydrogen-bond donors (Lipinski definition) is 2. The van der Waals surface area contributed by atoms with Crippen LogP contribution in [0.3, 0.4) is 0 Å². The van der Waals surface area contributed by atoms with Gasteiger partial charge in [0.25, 0.3) is 0 Å². The van der Waals surface area contributed by atoms with Crippen molar-refractivity contribution >= 4 is 27.1 Å². The summed E-state index contributed by atoms with van der Waals surface area (Å²) in [4.78, 5) is 4.17. The second-order valence-electron chi connectivity index (χ2n) is 6.25. The highest BCUT2D eigenvalue weighted by atomic mass is 32.2. The summed E-state index contributed by atoms with van der Waals surface area (Å²) in [6, 6.07) is 6.24. The predicted molar refractivity (Wildman–Crippen MR) is 106 cm³/mol. The van der Waals surface area contributed by atoms with E-state index in [-0.39, 0.29) is 12.3 Å². The minimum Gasteiger partial charge on any atom is -0.356 e. The van der Waals surface area contributed by atoms with Crippen molar-refractivity contribution in [1.82, 2.24) is 10.6 Å². The molecule has 1 unspecified atom stereocenters. The quantitative estimate of drug-likeness (QED) is 0.557. The molecule has 0 saturated carbocycles. The van der Waals surface area contributed by atoms with Crippen LogP contribution in [0, 0.1) is 5.82 Å². The van der Waals surface area contributed by atoms with Gasteiger partial charge < -0.3 is 10.6 Å². The molecule has 0 spiro atoms. The number of halogens is 1. The fraction of sp³-hybridized carbons (Fsp3) is 0.389. The summed E-state index contributed by atoms with van der Waals surface area (Å²) in [6.45, 7) is 3.12. The Kier molecular flexibility index (Phi) is 7.16. The van der Waals surface area contributed by atoms with Crippen molar-refractivity contribution in [3.63, 3.8) is 0 Å². The normalized spacial score (nSPS) is 13.5. The minimum absolute atomic E-state index is 0.120. The second-order valence-corrected chi connectivity index (χ2v) is 9.17. The van der Waals surface area contributed by atoms with E-state index < -0.39 is 15.7 Å². The molecule has 1 atom stereocenters. The van der Waals surface area contributed by atoms with E-state index >= 15 is 0 Å². The maximum Gasteiger partial charge on any atom is 0.191 e. The van der Waals surface area contributed by atoms with Gasteiger partial charge in [0.15, 0.2) is 15.8 Å². The lowest BCUT2D eigenvalue weighted by molar-refractivity contribution is 0.599. The summed E-state index contributed by atoms with van der Waals surface area (Å²) in [5, 5.41) is 10.5.